The lowest BCUT2D eigenvalue weighted by molar-refractivity contribution is 0.0942. The first-order valence-electron chi connectivity index (χ1n) is 8.61. The highest BCUT2D eigenvalue weighted by atomic mass is 16.5. The lowest BCUT2D eigenvalue weighted by Crippen LogP contribution is -2.34. The molecule has 4 nitrogen and oxygen atoms in total. The Morgan fingerprint density at radius 3 is 2.32 bits per heavy atom. The third-order valence-corrected chi connectivity index (χ3v) is 4.40. The zero-order valence-electron chi connectivity index (χ0n) is 15.7. The van der Waals surface area contributed by atoms with Crippen LogP contribution in [0.4, 0.5) is 0 Å². The molecule has 25 heavy (non-hydrogen) atoms. The molecular formula is C21H28N2O2. The molecule has 1 amide bonds. The van der Waals surface area contributed by atoms with E-state index in [1.165, 1.54) is 5.56 Å². The van der Waals surface area contributed by atoms with Crippen LogP contribution in [0.25, 0.3) is 0 Å². The third-order valence-electron chi connectivity index (χ3n) is 4.40. The number of nitrogens with zero attached hydrogens (tertiary/aromatic N) is 1. The fourth-order valence-corrected chi connectivity index (χ4v) is 2.76. The first-order valence-corrected chi connectivity index (χ1v) is 8.61. The van der Waals surface area contributed by atoms with E-state index in [2.05, 4.69) is 30.1 Å². The molecule has 0 aromatic heterocycles. The van der Waals surface area contributed by atoms with E-state index in [-0.39, 0.29) is 11.9 Å². The van der Waals surface area contributed by atoms with Crippen molar-refractivity contribution in [3.05, 3.63) is 65.2 Å². The number of likely N-dealkylation sites (N-methyl/N-ethyl adjacent to an activating group) is 1. The normalized spacial score (nSPS) is 12.3. The molecule has 0 radical (unpaired) electrons. The summed E-state index contributed by atoms with van der Waals surface area (Å²) in [6, 6.07) is 15.8. The van der Waals surface area contributed by atoms with E-state index in [1.54, 1.807) is 7.11 Å². The van der Waals surface area contributed by atoms with Crippen LogP contribution in [0.15, 0.2) is 48.5 Å². The molecule has 134 valence electrons. The standard InChI is InChI=1S/C21H28N2O2/c1-15(2)16-9-11-17(12-10-16)21(24)22-14-20(23(3)4)18-7-6-8-19(13-18)25-5/h6-13,15,20H,14H2,1-5H3,(H,22,24). The van der Waals surface area contributed by atoms with Gasteiger partial charge in [0.2, 0.25) is 0 Å². The predicted octanol–water partition coefficient (Wildman–Crippen LogP) is 3.85. The van der Waals surface area contributed by atoms with Crippen molar-refractivity contribution in [3.8, 4) is 5.75 Å². The Labute approximate surface area is 150 Å². The summed E-state index contributed by atoms with van der Waals surface area (Å²) in [5.41, 5.74) is 3.03. The molecule has 2 aromatic carbocycles. The van der Waals surface area contributed by atoms with Gasteiger partial charge in [0.15, 0.2) is 0 Å². The zero-order chi connectivity index (χ0) is 18.4. The highest BCUT2D eigenvalue weighted by Gasteiger charge is 2.16. The van der Waals surface area contributed by atoms with E-state index >= 15 is 0 Å². The minimum Gasteiger partial charge on any atom is -0.497 e. The number of rotatable bonds is 7. The maximum atomic E-state index is 12.5. The van der Waals surface area contributed by atoms with Crippen molar-refractivity contribution in [2.45, 2.75) is 25.8 Å². The molecule has 1 atom stereocenters. The first kappa shape index (κ1) is 19.0. The van der Waals surface area contributed by atoms with Gasteiger partial charge in [-0.3, -0.25) is 4.79 Å². The van der Waals surface area contributed by atoms with E-state index in [0.717, 1.165) is 11.3 Å². The van der Waals surface area contributed by atoms with Crippen LogP contribution in [0.5, 0.6) is 5.75 Å². The molecule has 0 spiro atoms. The smallest absolute Gasteiger partial charge is 0.251 e. The number of carbonyl (C=O) groups excluding carboxylic acids is 1. The fourth-order valence-electron chi connectivity index (χ4n) is 2.76. The average molecular weight is 340 g/mol. The van der Waals surface area contributed by atoms with E-state index in [0.29, 0.717) is 18.0 Å². The number of benzene rings is 2. The summed E-state index contributed by atoms with van der Waals surface area (Å²) in [7, 11) is 5.67. The van der Waals surface area contributed by atoms with Gasteiger partial charge in [0.25, 0.3) is 5.91 Å². The van der Waals surface area contributed by atoms with Crippen molar-refractivity contribution in [1.29, 1.82) is 0 Å². The third kappa shape index (κ3) is 5.07. The Morgan fingerprint density at radius 1 is 1.08 bits per heavy atom. The lowest BCUT2D eigenvalue weighted by atomic mass is 10.0. The Hall–Kier alpha value is -2.33. The van der Waals surface area contributed by atoms with Crippen molar-refractivity contribution in [1.82, 2.24) is 10.2 Å². The van der Waals surface area contributed by atoms with Gasteiger partial charge in [0.1, 0.15) is 5.75 Å². The molecule has 0 fully saturated rings. The summed E-state index contributed by atoms with van der Waals surface area (Å²) >= 11 is 0. The zero-order valence-corrected chi connectivity index (χ0v) is 15.7. The average Bonchev–Trinajstić information content (AvgIpc) is 2.61. The van der Waals surface area contributed by atoms with Crippen LogP contribution in [-0.4, -0.2) is 38.6 Å². The number of hydrogen-bond donors (Lipinski definition) is 1. The van der Waals surface area contributed by atoms with Crippen LogP contribution in [0.1, 0.15) is 47.3 Å². The second-order valence-corrected chi connectivity index (χ2v) is 6.74. The quantitative estimate of drug-likeness (QED) is 0.832. The van der Waals surface area contributed by atoms with Gasteiger partial charge in [-0.25, -0.2) is 0 Å². The molecule has 0 saturated heterocycles. The molecule has 0 aliphatic rings. The molecule has 1 N–H and O–H groups in total. The summed E-state index contributed by atoms with van der Waals surface area (Å²) < 4.78 is 5.30. The molecule has 0 bridgehead atoms. The molecule has 4 heteroatoms. The van der Waals surface area contributed by atoms with E-state index in [1.807, 2.05) is 56.6 Å². The van der Waals surface area contributed by atoms with Gasteiger partial charge in [0, 0.05) is 12.1 Å². The summed E-state index contributed by atoms with van der Waals surface area (Å²) in [6.45, 7) is 4.82. The maximum Gasteiger partial charge on any atom is 0.251 e. The topological polar surface area (TPSA) is 41.6 Å². The molecule has 2 rings (SSSR count). The van der Waals surface area contributed by atoms with Crippen molar-refractivity contribution in [3.63, 3.8) is 0 Å². The van der Waals surface area contributed by atoms with E-state index in [9.17, 15) is 4.79 Å². The van der Waals surface area contributed by atoms with Crippen molar-refractivity contribution in [2.24, 2.45) is 0 Å². The van der Waals surface area contributed by atoms with E-state index < -0.39 is 0 Å². The van der Waals surface area contributed by atoms with Crippen LogP contribution >= 0.6 is 0 Å². The maximum absolute atomic E-state index is 12.5. The number of carbonyl (C=O) groups is 1. The number of nitrogens with one attached hydrogen (secondary N) is 1. The Morgan fingerprint density at radius 2 is 1.76 bits per heavy atom. The highest BCUT2D eigenvalue weighted by Crippen LogP contribution is 2.22. The van der Waals surface area contributed by atoms with E-state index in [4.69, 9.17) is 4.74 Å². The van der Waals surface area contributed by atoms with Gasteiger partial charge in [-0.2, -0.15) is 0 Å². The molecule has 1 unspecified atom stereocenters. The number of hydrogen-bond acceptors (Lipinski definition) is 3. The van der Waals surface area contributed by atoms with Gasteiger partial charge < -0.3 is 15.0 Å². The summed E-state index contributed by atoms with van der Waals surface area (Å²) in [6.07, 6.45) is 0. The fraction of sp³-hybridized carbons (Fsp3) is 0.381. The second-order valence-electron chi connectivity index (χ2n) is 6.74. The molecule has 0 aliphatic heterocycles. The number of amides is 1. The Bertz CT molecular complexity index is 693. The lowest BCUT2D eigenvalue weighted by Gasteiger charge is -2.25. The minimum atomic E-state index is -0.0509. The summed E-state index contributed by atoms with van der Waals surface area (Å²) in [4.78, 5) is 14.5. The summed E-state index contributed by atoms with van der Waals surface area (Å²) in [5.74, 6) is 1.23. The number of ether oxygens (including phenoxy) is 1. The highest BCUT2D eigenvalue weighted by molar-refractivity contribution is 5.94. The van der Waals surface area contributed by atoms with Crippen LogP contribution in [0, 0.1) is 0 Å². The van der Waals surface area contributed by atoms with Gasteiger partial charge in [-0.05, 0) is 55.4 Å². The van der Waals surface area contributed by atoms with Crippen molar-refractivity contribution in [2.75, 3.05) is 27.7 Å². The van der Waals surface area contributed by atoms with Crippen molar-refractivity contribution < 1.29 is 9.53 Å². The predicted molar refractivity (Wildman–Crippen MR) is 102 cm³/mol. The van der Waals surface area contributed by atoms with Gasteiger partial charge in [-0.1, -0.05) is 38.1 Å². The van der Waals surface area contributed by atoms with Gasteiger partial charge in [-0.15, -0.1) is 0 Å². The molecule has 0 heterocycles. The SMILES string of the molecule is COc1cccc(C(CNC(=O)c2ccc(C(C)C)cc2)N(C)C)c1. The second kappa shape index (κ2) is 8.67. The molecular weight excluding hydrogens is 312 g/mol. The first-order chi connectivity index (χ1) is 11.9. The Balaban J connectivity index is 2.06. The molecule has 2 aromatic rings. The van der Waals surface area contributed by atoms with Gasteiger partial charge in [0.05, 0.1) is 13.2 Å². The molecule has 0 aliphatic carbocycles. The van der Waals surface area contributed by atoms with Gasteiger partial charge >= 0.3 is 0 Å². The van der Waals surface area contributed by atoms with Crippen LogP contribution in [0.2, 0.25) is 0 Å². The van der Waals surface area contributed by atoms with Crippen LogP contribution < -0.4 is 10.1 Å². The van der Waals surface area contributed by atoms with Crippen LogP contribution in [-0.2, 0) is 0 Å². The minimum absolute atomic E-state index is 0.0509. The molecule has 0 saturated carbocycles. The Kier molecular flexibility index (Phi) is 6.59. The monoisotopic (exact) mass is 340 g/mol. The summed E-state index contributed by atoms with van der Waals surface area (Å²) in [5, 5.41) is 3.04. The van der Waals surface area contributed by atoms with Crippen molar-refractivity contribution >= 4 is 5.91 Å². The largest absolute Gasteiger partial charge is 0.497 e. The van der Waals surface area contributed by atoms with Crippen LogP contribution in [0.3, 0.4) is 0 Å². The number of methoxy groups -OCH3 is 1.